The highest BCUT2D eigenvalue weighted by Crippen LogP contribution is 2.17. The molecule has 2 rings (SSSR count). The number of guanidine groups is 1. The van der Waals surface area contributed by atoms with Crippen molar-refractivity contribution < 1.29 is 4.74 Å². The van der Waals surface area contributed by atoms with Gasteiger partial charge in [0, 0.05) is 20.1 Å². The molecule has 0 atom stereocenters. The summed E-state index contributed by atoms with van der Waals surface area (Å²) in [5, 5.41) is 6.77. The minimum atomic E-state index is 0. The van der Waals surface area contributed by atoms with Crippen LogP contribution in [0.15, 0.2) is 29.3 Å². The van der Waals surface area contributed by atoms with Crippen LogP contribution in [0.1, 0.15) is 31.2 Å². The van der Waals surface area contributed by atoms with Crippen LogP contribution in [0.2, 0.25) is 0 Å². The van der Waals surface area contributed by atoms with E-state index in [9.17, 15) is 0 Å². The van der Waals surface area contributed by atoms with E-state index in [1.54, 1.807) is 7.11 Å². The normalized spacial score (nSPS) is 14.9. The second kappa shape index (κ2) is 13.2. The highest BCUT2D eigenvalue weighted by molar-refractivity contribution is 14.0. The van der Waals surface area contributed by atoms with Crippen molar-refractivity contribution in [1.29, 1.82) is 0 Å². The van der Waals surface area contributed by atoms with Gasteiger partial charge in [-0.2, -0.15) is 0 Å². The van der Waals surface area contributed by atoms with E-state index in [4.69, 9.17) is 4.74 Å². The van der Waals surface area contributed by atoms with Crippen LogP contribution in [0.5, 0.6) is 5.75 Å². The van der Waals surface area contributed by atoms with Gasteiger partial charge in [0.05, 0.1) is 7.11 Å². The summed E-state index contributed by atoms with van der Waals surface area (Å²) in [5.74, 6) is 1.83. The molecule has 0 saturated carbocycles. The van der Waals surface area contributed by atoms with E-state index in [0.29, 0.717) is 0 Å². The van der Waals surface area contributed by atoms with Crippen molar-refractivity contribution >= 4 is 29.9 Å². The highest BCUT2D eigenvalue weighted by Gasteiger charge is 2.10. The Bertz CT molecular complexity index is 504. The van der Waals surface area contributed by atoms with E-state index in [1.165, 1.54) is 50.9 Å². The van der Waals surface area contributed by atoms with Crippen LogP contribution in [-0.2, 0) is 6.42 Å². The predicted octanol–water partition coefficient (Wildman–Crippen LogP) is 2.90. The molecule has 1 saturated heterocycles. The van der Waals surface area contributed by atoms with Gasteiger partial charge in [0.1, 0.15) is 5.75 Å². The summed E-state index contributed by atoms with van der Waals surface area (Å²) in [6.45, 7) is 5.64. The largest absolute Gasteiger partial charge is 0.496 e. The molecular weight excluding hydrogens is 427 g/mol. The number of para-hydroxylation sites is 1. The molecule has 0 radical (unpaired) electrons. The van der Waals surface area contributed by atoms with Crippen LogP contribution in [0.25, 0.3) is 0 Å². The van der Waals surface area contributed by atoms with Gasteiger partial charge >= 0.3 is 0 Å². The molecule has 1 aliphatic heterocycles. The van der Waals surface area contributed by atoms with Crippen molar-refractivity contribution in [3.05, 3.63) is 29.8 Å². The minimum absolute atomic E-state index is 0. The molecule has 0 unspecified atom stereocenters. The number of ether oxygens (including phenoxy) is 1. The van der Waals surface area contributed by atoms with E-state index in [-0.39, 0.29) is 24.0 Å². The second-order valence-corrected chi connectivity index (χ2v) is 6.24. The number of rotatable bonds is 9. The number of halogens is 1. The van der Waals surface area contributed by atoms with Crippen molar-refractivity contribution in [2.24, 2.45) is 4.99 Å². The minimum Gasteiger partial charge on any atom is -0.496 e. The van der Waals surface area contributed by atoms with Gasteiger partial charge in [-0.25, -0.2) is 0 Å². The number of unbranched alkanes of at least 4 members (excludes halogenated alkanes) is 1. The maximum Gasteiger partial charge on any atom is 0.190 e. The molecule has 1 heterocycles. The summed E-state index contributed by atoms with van der Waals surface area (Å²) in [6.07, 6.45) is 6.11. The van der Waals surface area contributed by atoms with E-state index < -0.39 is 0 Å². The Kier molecular flexibility index (Phi) is 11.6. The molecule has 5 nitrogen and oxygen atoms in total. The third-order valence-electron chi connectivity index (χ3n) is 4.50. The molecule has 1 fully saturated rings. The predicted molar refractivity (Wildman–Crippen MR) is 116 cm³/mol. The molecule has 1 aromatic rings. The summed E-state index contributed by atoms with van der Waals surface area (Å²) >= 11 is 0. The Morgan fingerprint density at radius 3 is 2.56 bits per heavy atom. The maximum atomic E-state index is 5.39. The molecule has 0 amide bonds. The van der Waals surface area contributed by atoms with E-state index in [0.717, 1.165) is 31.2 Å². The lowest BCUT2D eigenvalue weighted by Gasteiger charge is -2.15. The van der Waals surface area contributed by atoms with Crippen molar-refractivity contribution in [1.82, 2.24) is 15.5 Å². The van der Waals surface area contributed by atoms with E-state index in [2.05, 4.69) is 26.6 Å². The number of hydrogen-bond donors (Lipinski definition) is 2. The number of nitrogens with zero attached hydrogens (tertiary/aromatic N) is 2. The second-order valence-electron chi connectivity index (χ2n) is 6.24. The van der Waals surface area contributed by atoms with Crippen molar-refractivity contribution in [3.63, 3.8) is 0 Å². The van der Waals surface area contributed by atoms with Crippen molar-refractivity contribution in [2.75, 3.05) is 46.9 Å². The van der Waals surface area contributed by atoms with Crippen molar-refractivity contribution in [2.45, 2.75) is 32.1 Å². The first-order valence-electron chi connectivity index (χ1n) is 9.12. The third-order valence-corrected chi connectivity index (χ3v) is 4.50. The van der Waals surface area contributed by atoms with Gasteiger partial charge < -0.3 is 20.3 Å². The molecule has 25 heavy (non-hydrogen) atoms. The number of aliphatic imine (C=N–C) groups is 1. The van der Waals surface area contributed by atoms with Gasteiger partial charge in [-0.1, -0.05) is 18.2 Å². The van der Waals surface area contributed by atoms with Gasteiger partial charge in [0.25, 0.3) is 0 Å². The van der Waals surface area contributed by atoms with Crippen LogP contribution < -0.4 is 15.4 Å². The molecule has 1 aromatic carbocycles. The first-order chi connectivity index (χ1) is 11.8. The molecule has 0 spiro atoms. The maximum absolute atomic E-state index is 5.39. The molecule has 6 heteroatoms. The van der Waals surface area contributed by atoms with Gasteiger partial charge in [-0.05, 0) is 63.4 Å². The smallest absolute Gasteiger partial charge is 0.190 e. The molecule has 0 bridgehead atoms. The van der Waals surface area contributed by atoms with Gasteiger partial charge in [-0.3, -0.25) is 4.99 Å². The fourth-order valence-electron chi connectivity index (χ4n) is 3.12. The molecule has 142 valence electrons. The van der Waals surface area contributed by atoms with Crippen LogP contribution >= 0.6 is 24.0 Å². The standard InChI is InChI=1S/C19H32N4O.HI/c1-20-19(21-12-5-6-14-23-15-7-8-16-23)22-13-11-17-9-3-4-10-18(17)24-2;/h3-4,9-10H,5-8,11-16H2,1-2H3,(H2,20,21,22);1H. The number of likely N-dealkylation sites (tertiary alicyclic amines) is 1. The first kappa shape index (κ1) is 22.0. The Hall–Kier alpha value is -1.02. The number of methoxy groups -OCH3 is 1. The summed E-state index contributed by atoms with van der Waals surface area (Å²) in [5.41, 5.74) is 1.22. The zero-order valence-corrected chi connectivity index (χ0v) is 17.9. The summed E-state index contributed by atoms with van der Waals surface area (Å²) in [4.78, 5) is 6.86. The lowest BCUT2D eigenvalue weighted by atomic mass is 10.1. The summed E-state index contributed by atoms with van der Waals surface area (Å²) < 4.78 is 5.39. The Morgan fingerprint density at radius 1 is 1.12 bits per heavy atom. The van der Waals surface area contributed by atoms with E-state index >= 15 is 0 Å². The number of benzene rings is 1. The zero-order chi connectivity index (χ0) is 17.0. The summed E-state index contributed by atoms with van der Waals surface area (Å²) in [7, 11) is 3.54. The summed E-state index contributed by atoms with van der Waals surface area (Å²) in [6, 6.07) is 8.15. The fourth-order valence-corrected chi connectivity index (χ4v) is 3.12. The van der Waals surface area contributed by atoms with Crippen molar-refractivity contribution in [3.8, 4) is 5.75 Å². The van der Waals surface area contributed by atoms with E-state index in [1.807, 2.05) is 25.2 Å². The molecular formula is C19H33IN4O. The molecule has 0 aliphatic carbocycles. The zero-order valence-electron chi connectivity index (χ0n) is 15.6. The van der Waals surface area contributed by atoms with Gasteiger partial charge in [-0.15, -0.1) is 24.0 Å². The average molecular weight is 460 g/mol. The van der Waals surface area contributed by atoms with Gasteiger partial charge in [0.2, 0.25) is 0 Å². The van der Waals surface area contributed by atoms with Gasteiger partial charge in [0.15, 0.2) is 5.96 Å². The monoisotopic (exact) mass is 460 g/mol. The molecule has 1 aliphatic rings. The Morgan fingerprint density at radius 2 is 1.84 bits per heavy atom. The number of nitrogens with one attached hydrogen (secondary N) is 2. The van der Waals surface area contributed by atoms with Crippen LogP contribution in [0.4, 0.5) is 0 Å². The lowest BCUT2D eigenvalue weighted by Crippen LogP contribution is -2.38. The van der Waals surface area contributed by atoms with Crippen LogP contribution in [0.3, 0.4) is 0 Å². The third kappa shape index (κ3) is 8.27. The highest BCUT2D eigenvalue weighted by atomic mass is 127. The average Bonchev–Trinajstić information content (AvgIpc) is 3.13. The first-order valence-corrected chi connectivity index (χ1v) is 9.12. The molecule has 0 aromatic heterocycles. The topological polar surface area (TPSA) is 48.9 Å². The van der Waals surface area contributed by atoms with Crippen LogP contribution in [0, 0.1) is 0 Å². The lowest BCUT2D eigenvalue weighted by molar-refractivity contribution is 0.330. The Labute approximate surface area is 169 Å². The number of hydrogen-bond acceptors (Lipinski definition) is 3. The fraction of sp³-hybridized carbons (Fsp3) is 0.632. The SMILES string of the molecule is CN=C(NCCCCN1CCCC1)NCCc1ccccc1OC.I. The molecule has 2 N–H and O–H groups in total. The quantitative estimate of drug-likeness (QED) is 0.258. The Balaban J connectivity index is 0.00000312. The van der Waals surface area contributed by atoms with Crippen LogP contribution in [-0.4, -0.2) is 57.7 Å².